The van der Waals surface area contributed by atoms with Gasteiger partial charge in [0.15, 0.2) is 0 Å². The quantitative estimate of drug-likeness (QED) is 0.481. The first kappa shape index (κ1) is 19.0. The predicted molar refractivity (Wildman–Crippen MR) is 113 cm³/mol. The van der Waals surface area contributed by atoms with E-state index in [9.17, 15) is 14.9 Å². The molecule has 1 N–H and O–H groups in total. The van der Waals surface area contributed by atoms with Crippen LogP contribution in [0.15, 0.2) is 61.2 Å². The van der Waals surface area contributed by atoms with E-state index in [0.717, 1.165) is 36.6 Å². The SMILES string of the molecule is C=CCNC(=O)[C@@H]1Cc2cc([N+](=O)[O-])ccc2N2CCN(c3ccccc3)C[C@H]12. The number of amides is 1. The van der Waals surface area contributed by atoms with Crippen molar-refractivity contribution in [3.63, 3.8) is 0 Å². The molecule has 2 heterocycles. The van der Waals surface area contributed by atoms with Crippen LogP contribution in [0, 0.1) is 16.0 Å². The van der Waals surface area contributed by atoms with Gasteiger partial charge in [0.2, 0.25) is 5.91 Å². The van der Waals surface area contributed by atoms with Crippen molar-refractivity contribution in [1.29, 1.82) is 0 Å². The number of carbonyl (C=O) groups excluding carboxylic acids is 1. The fraction of sp³-hybridized carbons (Fsp3) is 0.318. The summed E-state index contributed by atoms with van der Waals surface area (Å²) in [6.07, 6.45) is 2.15. The third kappa shape index (κ3) is 3.68. The van der Waals surface area contributed by atoms with Crippen molar-refractivity contribution in [1.82, 2.24) is 5.32 Å². The maximum Gasteiger partial charge on any atom is 0.269 e. The monoisotopic (exact) mass is 392 g/mol. The fourth-order valence-electron chi connectivity index (χ4n) is 4.40. The average Bonchev–Trinajstić information content (AvgIpc) is 2.76. The molecule has 2 atom stereocenters. The van der Waals surface area contributed by atoms with Crippen LogP contribution < -0.4 is 15.1 Å². The number of nitro groups is 1. The Morgan fingerprint density at radius 1 is 1.24 bits per heavy atom. The van der Waals surface area contributed by atoms with Crippen LogP contribution in [0.2, 0.25) is 0 Å². The second-order valence-corrected chi connectivity index (χ2v) is 7.46. The summed E-state index contributed by atoms with van der Waals surface area (Å²) in [6, 6.07) is 15.2. The van der Waals surface area contributed by atoms with Crippen LogP contribution in [0.4, 0.5) is 17.1 Å². The van der Waals surface area contributed by atoms with Gasteiger partial charge in [-0.25, -0.2) is 0 Å². The van der Waals surface area contributed by atoms with E-state index in [1.54, 1.807) is 18.2 Å². The molecule has 0 aliphatic carbocycles. The molecule has 1 amide bonds. The molecule has 2 aliphatic heterocycles. The van der Waals surface area contributed by atoms with Crippen LogP contribution in [0.3, 0.4) is 0 Å². The lowest BCUT2D eigenvalue weighted by molar-refractivity contribution is -0.384. The summed E-state index contributed by atoms with van der Waals surface area (Å²) in [7, 11) is 0. The summed E-state index contributed by atoms with van der Waals surface area (Å²) in [5.74, 6) is -0.317. The first-order valence-corrected chi connectivity index (χ1v) is 9.81. The van der Waals surface area contributed by atoms with Crippen molar-refractivity contribution in [2.24, 2.45) is 5.92 Å². The van der Waals surface area contributed by atoms with Crippen LogP contribution in [0.1, 0.15) is 5.56 Å². The predicted octanol–water partition coefficient (Wildman–Crippen LogP) is 2.76. The average molecular weight is 392 g/mol. The molecule has 150 valence electrons. The molecular formula is C22H24N4O3. The Morgan fingerprint density at radius 2 is 2.03 bits per heavy atom. The molecule has 1 fully saturated rings. The molecule has 2 aromatic carbocycles. The molecule has 2 aromatic rings. The highest BCUT2D eigenvalue weighted by atomic mass is 16.6. The molecule has 0 aromatic heterocycles. The Hall–Kier alpha value is -3.35. The van der Waals surface area contributed by atoms with E-state index >= 15 is 0 Å². The van der Waals surface area contributed by atoms with Crippen molar-refractivity contribution in [3.05, 3.63) is 76.9 Å². The zero-order chi connectivity index (χ0) is 20.4. The van der Waals surface area contributed by atoms with E-state index in [4.69, 9.17) is 0 Å². The van der Waals surface area contributed by atoms with Crippen molar-refractivity contribution in [2.45, 2.75) is 12.5 Å². The van der Waals surface area contributed by atoms with Gasteiger partial charge in [-0.2, -0.15) is 0 Å². The van der Waals surface area contributed by atoms with Crippen LogP contribution in [0.25, 0.3) is 0 Å². The van der Waals surface area contributed by atoms with E-state index in [0.29, 0.717) is 13.0 Å². The highest BCUT2D eigenvalue weighted by molar-refractivity contribution is 5.82. The zero-order valence-corrected chi connectivity index (χ0v) is 16.2. The van der Waals surface area contributed by atoms with Gasteiger partial charge in [0.05, 0.1) is 16.9 Å². The third-order valence-electron chi connectivity index (χ3n) is 5.78. The van der Waals surface area contributed by atoms with Gasteiger partial charge in [-0.3, -0.25) is 14.9 Å². The molecule has 0 radical (unpaired) electrons. The lowest BCUT2D eigenvalue weighted by Gasteiger charge is -2.49. The summed E-state index contributed by atoms with van der Waals surface area (Å²) >= 11 is 0. The van der Waals surface area contributed by atoms with E-state index in [1.807, 2.05) is 24.3 Å². The Balaban J connectivity index is 1.67. The Labute approximate surface area is 169 Å². The number of anilines is 2. The molecule has 0 spiro atoms. The van der Waals surface area contributed by atoms with Crippen LogP contribution in [-0.4, -0.2) is 43.1 Å². The molecule has 29 heavy (non-hydrogen) atoms. The van der Waals surface area contributed by atoms with Gasteiger partial charge in [-0.05, 0) is 30.2 Å². The molecule has 0 saturated carbocycles. The second kappa shape index (κ2) is 7.95. The van der Waals surface area contributed by atoms with Crippen molar-refractivity contribution in [2.75, 3.05) is 36.0 Å². The standard InChI is InChI=1S/C22H24N4O3/c1-2-10-23-22(27)19-14-16-13-18(26(28)29)8-9-20(16)25-12-11-24(15-21(19)25)17-6-4-3-5-7-17/h2-9,13,19,21H,1,10-12,14-15H2,(H,23,27)/t19-,21-/m1/s1. The first-order valence-electron chi connectivity index (χ1n) is 9.81. The van der Waals surface area contributed by atoms with Crippen molar-refractivity contribution >= 4 is 23.0 Å². The maximum absolute atomic E-state index is 12.9. The molecule has 7 heteroatoms. The number of non-ortho nitro benzene ring substituents is 1. The zero-order valence-electron chi connectivity index (χ0n) is 16.2. The van der Waals surface area contributed by atoms with Gasteiger partial charge in [0.25, 0.3) is 5.69 Å². The van der Waals surface area contributed by atoms with Gasteiger partial charge >= 0.3 is 0 Å². The topological polar surface area (TPSA) is 78.7 Å². The molecule has 4 rings (SSSR count). The van der Waals surface area contributed by atoms with Gasteiger partial charge in [0, 0.05) is 49.7 Å². The number of carbonyl (C=O) groups is 1. The normalized spacial score (nSPS) is 20.4. The summed E-state index contributed by atoms with van der Waals surface area (Å²) in [5, 5.41) is 14.1. The number of nitrogens with zero attached hydrogens (tertiary/aromatic N) is 3. The number of rotatable bonds is 5. The summed E-state index contributed by atoms with van der Waals surface area (Å²) in [4.78, 5) is 28.3. The smallest absolute Gasteiger partial charge is 0.269 e. The van der Waals surface area contributed by atoms with Gasteiger partial charge in [0.1, 0.15) is 0 Å². The highest BCUT2D eigenvalue weighted by Gasteiger charge is 2.41. The van der Waals surface area contributed by atoms with Crippen LogP contribution in [0.5, 0.6) is 0 Å². The van der Waals surface area contributed by atoms with Gasteiger partial charge < -0.3 is 15.1 Å². The minimum atomic E-state index is -0.382. The Morgan fingerprint density at radius 3 is 2.76 bits per heavy atom. The van der Waals surface area contributed by atoms with E-state index < -0.39 is 0 Å². The minimum absolute atomic E-state index is 0.00253. The summed E-state index contributed by atoms with van der Waals surface area (Å²) in [5.41, 5.74) is 3.07. The second-order valence-electron chi connectivity index (χ2n) is 7.46. The lowest BCUT2D eigenvalue weighted by Crippen LogP contribution is -2.61. The number of fused-ring (bicyclic) bond motifs is 3. The molecular weight excluding hydrogens is 368 g/mol. The number of para-hydroxylation sites is 1. The summed E-state index contributed by atoms with van der Waals surface area (Å²) in [6.45, 7) is 6.40. The molecule has 7 nitrogen and oxygen atoms in total. The Kier molecular flexibility index (Phi) is 5.20. The fourth-order valence-corrected chi connectivity index (χ4v) is 4.40. The number of piperazine rings is 1. The van der Waals surface area contributed by atoms with E-state index in [-0.39, 0.29) is 28.5 Å². The molecule has 1 saturated heterocycles. The number of hydrogen-bond donors (Lipinski definition) is 1. The largest absolute Gasteiger partial charge is 0.368 e. The third-order valence-corrected chi connectivity index (χ3v) is 5.78. The van der Waals surface area contributed by atoms with Crippen molar-refractivity contribution < 1.29 is 9.72 Å². The number of benzene rings is 2. The Bertz CT molecular complexity index is 931. The van der Waals surface area contributed by atoms with Crippen molar-refractivity contribution in [3.8, 4) is 0 Å². The number of hydrogen-bond acceptors (Lipinski definition) is 5. The lowest BCUT2D eigenvalue weighted by atomic mass is 9.83. The first-order chi connectivity index (χ1) is 14.1. The summed E-state index contributed by atoms with van der Waals surface area (Å²) < 4.78 is 0. The maximum atomic E-state index is 12.9. The number of nitrogens with one attached hydrogen (secondary N) is 1. The molecule has 0 bridgehead atoms. The highest BCUT2D eigenvalue weighted by Crippen LogP contribution is 2.38. The molecule has 2 aliphatic rings. The minimum Gasteiger partial charge on any atom is -0.368 e. The van der Waals surface area contributed by atoms with Crippen LogP contribution in [-0.2, 0) is 11.2 Å². The van der Waals surface area contributed by atoms with Gasteiger partial charge in [-0.1, -0.05) is 24.3 Å². The van der Waals surface area contributed by atoms with E-state index in [1.165, 1.54) is 0 Å². The van der Waals surface area contributed by atoms with Gasteiger partial charge in [-0.15, -0.1) is 6.58 Å². The molecule has 0 unspecified atom stereocenters. The van der Waals surface area contributed by atoms with E-state index in [2.05, 4.69) is 33.8 Å². The van der Waals surface area contributed by atoms with Crippen LogP contribution >= 0.6 is 0 Å². The number of nitro benzene ring substituents is 1.